The van der Waals surface area contributed by atoms with Crippen LogP contribution in [0.5, 0.6) is 0 Å². The topological polar surface area (TPSA) is 49.3 Å². The number of hydrogen-bond donors (Lipinski definition) is 2. The molecule has 0 aliphatic heterocycles. The number of rotatable bonds is 4. The molecule has 0 radical (unpaired) electrons. The van der Waals surface area contributed by atoms with Gasteiger partial charge in [0.15, 0.2) is 0 Å². The maximum atomic E-state index is 11.6. The highest BCUT2D eigenvalue weighted by Gasteiger charge is 2.31. The van der Waals surface area contributed by atoms with Gasteiger partial charge in [0.05, 0.1) is 12.6 Å². The van der Waals surface area contributed by atoms with E-state index in [4.69, 9.17) is 5.11 Å². The van der Waals surface area contributed by atoms with Gasteiger partial charge in [-0.15, -0.1) is 0 Å². The Kier molecular flexibility index (Phi) is 4.76. The molecule has 78 valence electrons. The first-order valence-electron chi connectivity index (χ1n) is 3.86. The number of halogens is 3. The molecule has 0 aromatic rings. The molecule has 0 rings (SSSR count). The standard InChI is InChI=1S/C7H12F3NO2/c1-2-5(4-12)11-6(13)3-7(8,9)10/h5,12H,2-4H2,1H3,(H,11,13). The van der Waals surface area contributed by atoms with Crippen LogP contribution in [0, 0.1) is 0 Å². The molecule has 0 fully saturated rings. The van der Waals surface area contributed by atoms with Crippen molar-refractivity contribution in [2.75, 3.05) is 6.61 Å². The van der Waals surface area contributed by atoms with Gasteiger partial charge in [0.25, 0.3) is 0 Å². The lowest BCUT2D eigenvalue weighted by molar-refractivity contribution is -0.154. The SMILES string of the molecule is CCC(CO)NC(=O)CC(F)(F)F. The van der Waals surface area contributed by atoms with Crippen LogP contribution in [-0.2, 0) is 4.79 Å². The van der Waals surface area contributed by atoms with Crippen LogP contribution in [0.4, 0.5) is 13.2 Å². The van der Waals surface area contributed by atoms with Gasteiger partial charge in [0.1, 0.15) is 6.42 Å². The van der Waals surface area contributed by atoms with Crippen molar-refractivity contribution in [1.82, 2.24) is 5.32 Å². The summed E-state index contributed by atoms with van der Waals surface area (Å²) < 4.78 is 34.9. The molecule has 0 spiro atoms. The van der Waals surface area contributed by atoms with Crippen LogP contribution in [0.1, 0.15) is 19.8 Å². The van der Waals surface area contributed by atoms with Crippen LogP contribution in [0.2, 0.25) is 0 Å². The molecule has 3 nitrogen and oxygen atoms in total. The Morgan fingerprint density at radius 2 is 2.08 bits per heavy atom. The van der Waals surface area contributed by atoms with Crippen LogP contribution in [-0.4, -0.2) is 29.8 Å². The predicted octanol–water partition coefficient (Wildman–Crippen LogP) is 0.826. The van der Waals surface area contributed by atoms with Crippen molar-refractivity contribution < 1.29 is 23.1 Å². The minimum absolute atomic E-state index is 0.347. The second kappa shape index (κ2) is 5.06. The van der Waals surface area contributed by atoms with Gasteiger partial charge in [-0.3, -0.25) is 4.79 Å². The highest BCUT2D eigenvalue weighted by molar-refractivity contribution is 5.76. The first-order valence-corrected chi connectivity index (χ1v) is 3.86. The Labute approximate surface area is 73.9 Å². The van der Waals surface area contributed by atoms with E-state index >= 15 is 0 Å². The average Bonchev–Trinajstić information content (AvgIpc) is 1.96. The summed E-state index contributed by atoms with van der Waals surface area (Å²) in [5.41, 5.74) is 0. The minimum Gasteiger partial charge on any atom is -0.394 e. The van der Waals surface area contributed by atoms with E-state index in [2.05, 4.69) is 5.32 Å². The van der Waals surface area contributed by atoms with Gasteiger partial charge in [-0.25, -0.2) is 0 Å². The first kappa shape index (κ1) is 12.2. The summed E-state index contributed by atoms with van der Waals surface area (Å²) in [4.78, 5) is 10.6. The van der Waals surface area contributed by atoms with E-state index in [0.717, 1.165) is 0 Å². The third kappa shape index (κ3) is 6.39. The molecule has 0 bridgehead atoms. The quantitative estimate of drug-likeness (QED) is 0.704. The molecular weight excluding hydrogens is 187 g/mol. The fourth-order valence-electron chi connectivity index (χ4n) is 0.738. The number of nitrogens with one attached hydrogen (secondary N) is 1. The summed E-state index contributed by atoms with van der Waals surface area (Å²) in [6, 6.07) is -0.588. The van der Waals surface area contributed by atoms with Gasteiger partial charge >= 0.3 is 6.18 Å². The zero-order valence-corrected chi connectivity index (χ0v) is 7.19. The number of alkyl halides is 3. The molecule has 13 heavy (non-hydrogen) atoms. The number of carbonyl (C=O) groups is 1. The highest BCUT2D eigenvalue weighted by atomic mass is 19.4. The third-order valence-electron chi connectivity index (χ3n) is 1.44. The third-order valence-corrected chi connectivity index (χ3v) is 1.44. The van der Waals surface area contributed by atoms with Gasteiger partial charge < -0.3 is 10.4 Å². The van der Waals surface area contributed by atoms with E-state index in [0.29, 0.717) is 6.42 Å². The molecule has 6 heteroatoms. The fraction of sp³-hybridized carbons (Fsp3) is 0.857. The molecule has 0 saturated carbocycles. The molecule has 0 aliphatic rings. The maximum Gasteiger partial charge on any atom is 0.397 e. The normalized spacial score (nSPS) is 13.9. The lowest BCUT2D eigenvalue weighted by Gasteiger charge is -2.14. The number of carbonyl (C=O) groups excluding carboxylic acids is 1. The molecule has 1 amide bonds. The van der Waals surface area contributed by atoms with E-state index in [1.54, 1.807) is 6.92 Å². The lowest BCUT2D eigenvalue weighted by atomic mass is 10.2. The first-order chi connectivity index (χ1) is 5.89. The van der Waals surface area contributed by atoms with Crippen LogP contribution in [0.25, 0.3) is 0 Å². The van der Waals surface area contributed by atoms with Crippen LogP contribution >= 0.6 is 0 Å². The monoisotopic (exact) mass is 199 g/mol. The average molecular weight is 199 g/mol. The molecule has 0 heterocycles. The van der Waals surface area contributed by atoms with Crippen molar-refractivity contribution in [2.45, 2.75) is 32.0 Å². The Bertz CT molecular complexity index is 166. The zero-order valence-electron chi connectivity index (χ0n) is 7.19. The van der Waals surface area contributed by atoms with Crippen LogP contribution in [0.3, 0.4) is 0 Å². The van der Waals surface area contributed by atoms with Crippen molar-refractivity contribution in [3.63, 3.8) is 0 Å². The maximum absolute atomic E-state index is 11.6. The van der Waals surface area contributed by atoms with Crippen LogP contribution in [0.15, 0.2) is 0 Å². The smallest absolute Gasteiger partial charge is 0.394 e. The van der Waals surface area contributed by atoms with E-state index < -0.39 is 24.5 Å². The van der Waals surface area contributed by atoms with E-state index in [-0.39, 0.29) is 6.61 Å². The Morgan fingerprint density at radius 1 is 1.54 bits per heavy atom. The van der Waals surface area contributed by atoms with Crippen LogP contribution < -0.4 is 5.32 Å². The summed E-state index contributed by atoms with van der Waals surface area (Å²) in [7, 11) is 0. The molecule has 0 aromatic heterocycles. The Hall–Kier alpha value is -0.780. The van der Waals surface area contributed by atoms with Crippen molar-refractivity contribution >= 4 is 5.91 Å². The summed E-state index contributed by atoms with van der Waals surface area (Å²) >= 11 is 0. The molecule has 0 aromatic carbocycles. The fourth-order valence-corrected chi connectivity index (χ4v) is 0.738. The molecule has 0 aliphatic carbocycles. The molecular formula is C7H12F3NO2. The van der Waals surface area contributed by atoms with Crippen molar-refractivity contribution in [3.8, 4) is 0 Å². The molecule has 2 N–H and O–H groups in total. The summed E-state index contributed by atoms with van der Waals surface area (Å²) in [5.74, 6) is -1.10. The lowest BCUT2D eigenvalue weighted by Crippen LogP contribution is -2.38. The van der Waals surface area contributed by atoms with Crippen molar-refractivity contribution in [1.29, 1.82) is 0 Å². The summed E-state index contributed by atoms with van der Waals surface area (Å²) in [5, 5.41) is 10.6. The van der Waals surface area contributed by atoms with Gasteiger partial charge in [0, 0.05) is 0 Å². The number of amides is 1. The van der Waals surface area contributed by atoms with Gasteiger partial charge in [-0.2, -0.15) is 13.2 Å². The number of hydrogen-bond acceptors (Lipinski definition) is 2. The largest absolute Gasteiger partial charge is 0.397 e. The molecule has 0 saturated heterocycles. The van der Waals surface area contributed by atoms with Crippen molar-refractivity contribution in [2.24, 2.45) is 0 Å². The van der Waals surface area contributed by atoms with Gasteiger partial charge in [-0.1, -0.05) is 6.92 Å². The second-order valence-electron chi connectivity index (χ2n) is 2.65. The molecule has 1 unspecified atom stereocenters. The van der Waals surface area contributed by atoms with E-state index in [1.165, 1.54) is 0 Å². The second-order valence-corrected chi connectivity index (χ2v) is 2.65. The number of aliphatic hydroxyl groups is 1. The summed E-state index contributed by atoms with van der Waals surface area (Å²) in [6.45, 7) is 1.31. The van der Waals surface area contributed by atoms with E-state index in [1.807, 2.05) is 0 Å². The highest BCUT2D eigenvalue weighted by Crippen LogP contribution is 2.18. The van der Waals surface area contributed by atoms with Gasteiger partial charge in [-0.05, 0) is 6.42 Å². The summed E-state index contributed by atoms with van der Waals surface area (Å²) in [6.07, 6.45) is -5.58. The van der Waals surface area contributed by atoms with E-state index in [9.17, 15) is 18.0 Å². The zero-order chi connectivity index (χ0) is 10.5. The number of aliphatic hydroxyl groups excluding tert-OH is 1. The predicted molar refractivity (Wildman–Crippen MR) is 40.0 cm³/mol. The Balaban J connectivity index is 3.86. The molecule has 1 atom stereocenters. The van der Waals surface area contributed by atoms with Crippen molar-refractivity contribution in [3.05, 3.63) is 0 Å². The minimum atomic E-state index is -4.49. The Morgan fingerprint density at radius 3 is 2.38 bits per heavy atom. The van der Waals surface area contributed by atoms with Gasteiger partial charge in [0.2, 0.25) is 5.91 Å².